The molecule has 0 amide bonds. The summed E-state index contributed by atoms with van der Waals surface area (Å²) >= 11 is 0. The molecule has 0 aliphatic heterocycles. The molecule has 18 heteroatoms. The quantitative estimate of drug-likeness (QED) is 0.0261. The van der Waals surface area contributed by atoms with Crippen molar-refractivity contribution in [2.75, 3.05) is 26.4 Å². The van der Waals surface area contributed by atoms with Crippen molar-refractivity contribution >= 4 is 0 Å². The number of aryl methyl sites for hydroxylation is 4. The molecule has 2 unspecified atom stereocenters. The Hall–Kier alpha value is -10.8. The lowest BCUT2D eigenvalue weighted by Crippen LogP contribution is -2.26. The normalized spacial score (nSPS) is 12.0. The molecular formula is C73H70N6O12. The first-order valence-corrected chi connectivity index (χ1v) is 29.4. The van der Waals surface area contributed by atoms with E-state index < -0.39 is 17.6 Å². The van der Waals surface area contributed by atoms with Crippen molar-refractivity contribution in [2.24, 2.45) is 0 Å². The van der Waals surface area contributed by atoms with Crippen LogP contribution in [0.4, 0.5) is 0 Å². The largest absolute Gasteiger partial charge is 0.507 e. The molecular weight excluding hydrogens is 1150 g/mol. The SMILES string of the molecule is C=CCc1cc(C(C)(C)c2ccc(OCC(O)COc3ccc(-c4nc(-c5ccc(C)cc5O)nc(-c5ccc(C)cc5O)n4)c(O)c3)c(CC=C)c2)ccc1OCC(O)COc1ccc(-c2nc(-c3ccc(C)cc3O)nc(-c3ccc(C)cc3O)n2)c(O)c1. The zero-order chi connectivity index (χ0) is 64.7. The van der Waals surface area contributed by atoms with Gasteiger partial charge in [-0.05, 0) is 170 Å². The second kappa shape index (κ2) is 27.3. The van der Waals surface area contributed by atoms with Gasteiger partial charge in [0, 0.05) is 17.5 Å². The summed E-state index contributed by atoms with van der Waals surface area (Å²) in [5, 5.41) is 88.2. The van der Waals surface area contributed by atoms with Crippen LogP contribution in [0, 0.1) is 27.7 Å². The summed E-state index contributed by atoms with van der Waals surface area (Å²) in [5.74, 6) is 1.72. The van der Waals surface area contributed by atoms with Crippen molar-refractivity contribution in [3.05, 3.63) is 215 Å². The number of aliphatic hydroxyl groups excluding tert-OH is 2. The molecule has 464 valence electrons. The Bertz CT molecular complexity index is 3950. The maximum atomic E-state index is 11.3. The lowest BCUT2D eigenvalue weighted by Gasteiger charge is -2.28. The first kappa shape index (κ1) is 63.2. The van der Waals surface area contributed by atoms with Crippen LogP contribution >= 0.6 is 0 Å². The van der Waals surface area contributed by atoms with Gasteiger partial charge in [-0.3, -0.25) is 0 Å². The Labute approximate surface area is 527 Å². The van der Waals surface area contributed by atoms with Gasteiger partial charge in [0.15, 0.2) is 34.9 Å². The molecule has 2 atom stereocenters. The molecule has 0 saturated heterocycles. The highest BCUT2D eigenvalue weighted by Crippen LogP contribution is 2.41. The number of aromatic nitrogens is 6. The standard InChI is InChI=1S/C73H70N6O12/c1-9-11-45-33-47(17-27-65(45)90-39-49(80)37-88-51-19-25-57(63(86)35-51)71-76-67(53-21-13-41(3)29-59(53)82)74-68(77-71)54-22-14-42(4)30-60(54)83)73(7,8)48-18-28-66(46(34-48)12-10-2)91-40-50(81)38-89-52-20-26-58(64(87)36-52)72-78-69(55-23-15-43(5)31-61(55)84)75-70(79-72)56-24-16-44(6)32-62(56)85/h9-10,13-36,49-50,80-87H,1-2,11-12,37-40H2,3-8H3. The summed E-state index contributed by atoms with van der Waals surface area (Å²) in [5.41, 5.74) is 8.33. The predicted molar refractivity (Wildman–Crippen MR) is 348 cm³/mol. The van der Waals surface area contributed by atoms with Crippen molar-refractivity contribution < 1.29 is 59.8 Å². The molecule has 91 heavy (non-hydrogen) atoms. The number of phenolic OH excluding ortho intramolecular Hbond substituents is 6. The zero-order valence-corrected chi connectivity index (χ0v) is 51.2. The highest BCUT2D eigenvalue weighted by Gasteiger charge is 2.27. The molecule has 18 nitrogen and oxygen atoms in total. The molecule has 2 aromatic heterocycles. The van der Waals surface area contributed by atoms with Crippen molar-refractivity contribution in [1.29, 1.82) is 0 Å². The molecule has 0 fully saturated rings. The van der Waals surface area contributed by atoms with Crippen LogP contribution in [0.1, 0.15) is 58.4 Å². The second-order valence-electron chi connectivity index (χ2n) is 22.9. The molecule has 0 spiro atoms. The van der Waals surface area contributed by atoms with Gasteiger partial charge in [0.1, 0.15) is 96.1 Å². The number of benzene rings is 8. The molecule has 8 N–H and O–H groups in total. The molecule has 10 aromatic rings. The smallest absolute Gasteiger partial charge is 0.167 e. The second-order valence-corrected chi connectivity index (χ2v) is 22.9. The van der Waals surface area contributed by atoms with E-state index in [1.807, 2.05) is 76.2 Å². The number of phenols is 6. The Morgan fingerprint density at radius 1 is 0.363 bits per heavy atom. The summed E-state index contributed by atoms with van der Waals surface area (Å²) in [6.45, 7) is 19.0. The van der Waals surface area contributed by atoms with Crippen molar-refractivity contribution in [3.63, 3.8) is 0 Å². The van der Waals surface area contributed by atoms with E-state index in [0.717, 1.165) is 44.5 Å². The molecule has 0 saturated carbocycles. The van der Waals surface area contributed by atoms with E-state index in [2.05, 4.69) is 69.0 Å². The minimum atomic E-state index is -1.07. The number of aliphatic hydroxyl groups is 2. The molecule has 2 heterocycles. The highest BCUT2D eigenvalue weighted by atomic mass is 16.5. The van der Waals surface area contributed by atoms with Crippen LogP contribution in [0.5, 0.6) is 57.5 Å². The molecule has 10 rings (SSSR count). The van der Waals surface area contributed by atoms with Crippen molar-refractivity contribution in [2.45, 2.75) is 72.0 Å². The number of aromatic hydroxyl groups is 6. The first-order chi connectivity index (χ1) is 43.6. The number of hydrogen-bond donors (Lipinski definition) is 8. The summed E-state index contributed by atoms with van der Waals surface area (Å²) < 4.78 is 24.2. The van der Waals surface area contributed by atoms with Gasteiger partial charge in [0.05, 0.1) is 33.4 Å². The summed E-state index contributed by atoms with van der Waals surface area (Å²) in [6, 6.07) is 41.4. The first-order valence-electron chi connectivity index (χ1n) is 29.4. The van der Waals surface area contributed by atoms with Gasteiger partial charge in [0.2, 0.25) is 0 Å². The van der Waals surface area contributed by atoms with E-state index in [1.165, 1.54) is 12.1 Å². The van der Waals surface area contributed by atoms with E-state index in [1.54, 1.807) is 84.9 Å². The van der Waals surface area contributed by atoms with Crippen molar-refractivity contribution in [3.8, 4) is 126 Å². The average molecular weight is 1220 g/mol. The fourth-order valence-corrected chi connectivity index (χ4v) is 10.2. The Morgan fingerprint density at radius 3 is 0.890 bits per heavy atom. The average Bonchev–Trinajstić information content (AvgIpc) is 1.03. The highest BCUT2D eigenvalue weighted by molar-refractivity contribution is 5.76. The predicted octanol–water partition coefficient (Wildman–Crippen LogP) is 12.9. The third-order valence-electron chi connectivity index (χ3n) is 15.3. The van der Waals surface area contributed by atoms with Crippen LogP contribution < -0.4 is 18.9 Å². The van der Waals surface area contributed by atoms with E-state index >= 15 is 0 Å². The third kappa shape index (κ3) is 14.7. The van der Waals surface area contributed by atoms with Crippen LogP contribution in [-0.4, -0.2) is 109 Å². The fraction of sp³-hybridized carbons (Fsp3) is 0.205. The molecule has 0 radical (unpaired) electrons. The van der Waals surface area contributed by atoms with Gasteiger partial charge < -0.3 is 59.8 Å². The lowest BCUT2D eigenvalue weighted by atomic mass is 9.76. The van der Waals surface area contributed by atoms with Gasteiger partial charge in [-0.1, -0.05) is 74.5 Å². The van der Waals surface area contributed by atoms with Gasteiger partial charge >= 0.3 is 0 Å². The number of nitrogens with zero attached hydrogens (tertiary/aromatic N) is 6. The number of hydrogen-bond acceptors (Lipinski definition) is 18. The molecule has 0 aliphatic carbocycles. The van der Waals surface area contributed by atoms with Crippen molar-refractivity contribution in [1.82, 2.24) is 29.9 Å². The van der Waals surface area contributed by atoms with Crippen LogP contribution in [0.2, 0.25) is 0 Å². The van der Waals surface area contributed by atoms with Crippen LogP contribution in [-0.2, 0) is 18.3 Å². The van der Waals surface area contributed by atoms with Gasteiger partial charge in [-0.25, -0.2) is 29.9 Å². The van der Waals surface area contributed by atoms with Crippen LogP contribution in [0.25, 0.3) is 68.3 Å². The van der Waals surface area contributed by atoms with Crippen LogP contribution in [0.15, 0.2) is 171 Å². The molecule has 0 aliphatic rings. The minimum absolute atomic E-state index is 0.0441. The van der Waals surface area contributed by atoms with Gasteiger partial charge in [-0.15, -0.1) is 13.2 Å². The fourth-order valence-electron chi connectivity index (χ4n) is 10.2. The Morgan fingerprint density at radius 2 is 0.626 bits per heavy atom. The summed E-state index contributed by atoms with van der Waals surface area (Å²) in [7, 11) is 0. The lowest BCUT2D eigenvalue weighted by molar-refractivity contribution is 0.0623. The monoisotopic (exact) mass is 1220 g/mol. The minimum Gasteiger partial charge on any atom is -0.507 e. The topological polar surface area (TPSA) is 276 Å². The summed E-state index contributed by atoms with van der Waals surface area (Å²) in [4.78, 5) is 27.6. The molecule has 0 bridgehead atoms. The van der Waals surface area contributed by atoms with Gasteiger partial charge in [-0.2, -0.15) is 0 Å². The van der Waals surface area contributed by atoms with E-state index in [-0.39, 0.29) is 118 Å². The van der Waals surface area contributed by atoms with Crippen LogP contribution in [0.3, 0.4) is 0 Å². The number of ether oxygens (including phenoxy) is 4. The van der Waals surface area contributed by atoms with E-state index in [0.29, 0.717) is 46.6 Å². The van der Waals surface area contributed by atoms with Gasteiger partial charge in [0.25, 0.3) is 0 Å². The third-order valence-corrected chi connectivity index (χ3v) is 15.3. The number of rotatable bonds is 24. The maximum absolute atomic E-state index is 11.3. The Kier molecular flexibility index (Phi) is 19.0. The summed E-state index contributed by atoms with van der Waals surface area (Å²) in [6.07, 6.45) is 2.40. The van der Waals surface area contributed by atoms with E-state index in [9.17, 15) is 40.9 Å². The maximum Gasteiger partial charge on any atom is 0.167 e. The van der Waals surface area contributed by atoms with E-state index in [4.69, 9.17) is 18.9 Å². The Balaban J connectivity index is 0.760. The zero-order valence-electron chi connectivity index (χ0n) is 51.2. The number of allylic oxidation sites excluding steroid dienone is 2. The molecule has 8 aromatic carbocycles.